The number of aromatic amines is 1. The average Bonchev–Trinajstić information content (AvgIpc) is 3.35. The highest BCUT2D eigenvalue weighted by Crippen LogP contribution is 2.74. The average molecular weight is 475 g/mol. The van der Waals surface area contributed by atoms with E-state index in [1.54, 1.807) is 18.5 Å². The molecule has 0 unspecified atom stereocenters. The van der Waals surface area contributed by atoms with Gasteiger partial charge in [-0.3, -0.25) is 9.69 Å². The Bertz CT molecular complexity index is 1290. The predicted molar refractivity (Wildman–Crippen MR) is 126 cm³/mol. The highest BCUT2D eigenvalue weighted by Gasteiger charge is 2.78. The normalized spacial score (nSPS) is 38.0. The Morgan fingerprint density at radius 2 is 2.17 bits per heavy atom. The zero-order valence-electron chi connectivity index (χ0n) is 19.6. The van der Waals surface area contributed by atoms with Crippen molar-refractivity contribution in [1.82, 2.24) is 20.2 Å². The summed E-state index contributed by atoms with van der Waals surface area (Å²) >= 11 is 0. The molecule has 3 heterocycles. The van der Waals surface area contributed by atoms with Crippen LogP contribution >= 0.6 is 0 Å². The Morgan fingerprint density at radius 1 is 1.29 bits per heavy atom. The molecule has 9 rings (SSSR count). The lowest BCUT2D eigenvalue weighted by molar-refractivity contribution is -0.186. The number of aromatic nitrogens is 2. The molecule has 1 amide bonds. The van der Waals surface area contributed by atoms with Gasteiger partial charge in [-0.05, 0) is 62.6 Å². The van der Waals surface area contributed by atoms with Gasteiger partial charge in [-0.2, -0.15) is 0 Å². The molecule has 5 atom stereocenters. The number of hydrogen-bond acceptors (Lipinski definition) is 6. The molecule has 2 saturated carbocycles. The van der Waals surface area contributed by atoms with Gasteiger partial charge in [0, 0.05) is 41.5 Å². The minimum Gasteiger partial charge on any atom is -0.504 e. The topological polar surface area (TPSA) is 111 Å². The summed E-state index contributed by atoms with van der Waals surface area (Å²) in [6, 6.07) is 4.04. The maximum Gasteiger partial charge on any atom is 0.250 e. The van der Waals surface area contributed by atoms with Gasteiger partial charge in [-0.15, -0.1) is 0 Å². The number of rotatable bonds is 5. The second kappa shape index (κ2) is 6.48. The molecule has 1 saturated heterocycles. The van der Waals surface area contributed by atoms with E-state index >= 15 is 0 Å². The summed E-state index contributed by atoms with van der Waals surface area (Å²) < 4.78 is 6.54. The minimum atomic E-state index is -1.40. The number of fused-ring (bicyclic) bond motifs is 1. The number of ether oxygens (including phenoxy) is 1. The number of likely N-dealkylation sites (tertiary alicyclic amines) is 1. The van der Waals surface area contributed by atoms with E-state index in [0.717, 1.165) is 43.8 Å². The molecule has 2 aliphatic heterocycles. The molecule has 4 N–H and O–H groups in total. The number of nitrogens with zero attached hydrogens (tertiary/aromatic N) is 2. The van der Waals surface area contributed by atoms with Crippen molar-refractivity contribution in [1.29, 1.82) is 0 Å². The second-order valence-corrected chi connectivity index (χ2v) is 11.6. The summed E-state index contributed by atoms with van der Waals surface area (Å²) in [5, 5.41) is 26.0. The van der Waals surface area contributed by atoms with Crippen molar-refractivity contribution < 1.29 is 19.7 Å². The van der Waals surface area contributed by atoms with Crippen LogP contribution in [0.4, 0.5) is 0 Å². The largest absolute Gasteiger partial charge is 0.504 e. The van der Waals surface area contributed by atoms with E-state index in [-0.39, 0.29) is 29.7 Å². The number of aromatic hydroxyl groups is 1. The third kappa shape index (κ3) is 2.35. The van der Waals surface area contributed by atoms with E-state index < -0.39 is 17.1 Å². The van der Waals surface area contributed by atoms with Crippen LogP contribution in [0.5, 0.6) is 11.5 Å². The lowest BCUT2D eigenvalue weighted by Crippen LogP contribution is -2.78. The number of amides is 1. The number of carbonyl (C=O) groups is 1. The number of hydrogen-bond donors (Lipinski definition) is 4. The fourth-order valence-electron chi connectivity index (χ4n) is 8.47. The molecule has 182 valence electrons. The molecule has 2 spiro atoms. The van der Waals surface area contributed by atoms with Gasteiger partial charge in [0.2, 0.25) is 5.91 Å². The van der Waals surface area contributed by atoms with Crippen molar-refractivity contribution in [3.05, 3.63) is 53.1 Å². The van der Waals surface area contributed by atoms with Crippen molar-refractivity contribution >= 4 is 5.91 Å². The molecule has 5 aliphatic carbocycles. The Labute approximate surface area is 203 Å². The van der Waals surface area contributed by atoms with Crippen molar-refractivity contribution in [3.63, 3.8) is 0 Å². The number of phenols is 1. The smallest absolute Gasteiger partial charge is 0.250 e. The summed E-state index contributed by atoms with van der Waals surface area (Å²) in [7, 11) is 0. The van der Waals surface area contributed by atoms with Crippen molar-refractivity contribution in [3.8, 4) is 11.5 Å². The van der Waals surface area contributed by atoms with E-state index in [9.17, 15) is 15.0 Å². The lowest BCUT2D eigenvalue weighted by atomic mass is 9.38. The summed E-state index contributed by atoms with van der Waals surface area (Å²) in [5.74, 6) is 1.84. The number of piperidine rings is 1. The van der Waals surface area contributed by atoms with Crippen molar-refractivity contribution in [2.45, 2.75) is 68.2 Å². The standard InChI is InChI=1S/C27H30N4O4/c32-18-4-3-16-11-19-25-5-6-27(34,17(12-25)23(33)30-13-20-28-8-9-29-20)24-26(25,21(16)22(18)35-24)7-10-31(19)14-15-1-2-15/h3-4,8-9,12,15,19,24,32,34H,1-2,5-7,10-11,13-14H2,(H,28,29)(H,30,33)/t19-,24-,25-,26+,27-/m1/s1. The summed E-state index contributed by atoms with van der Waals surface area (Å²) in [5.41, 5.74) is 0.609. The Morgan fingerprint density at radius 3 is 2.97 bits per heavy atom. The van der Waals surface area contributed by atoms with E-state index in [1.807, 2.05) is 0 Å². The van der Waals surface area contributed by atoms with Gasteiger partial charge in [0.15, 0.2) is 11.5 Å². The predicted octanol–water partition coefficient (Wildman–Crippen LogP) is 1.92. The first-order valence-electron chi connectivity index (χ1n) is 12.9. The van der Waals surface area contributed by atoms with Gasteiger partial charge in [-0.1, -0.05) is 12.1 Å². The van der Waals surface area contributed by atoms with Crippen LogP contribution in [0.25, 0.3) is 0 Å². The number of carbonyl (C=O) groups excluding carboxylic acids is 1. The van der Waals surface area contributed by atoms with Gasteiger partial charge in [0.1, 0.15) is 17.5 Å². The number of phenolic OH excluding ortho intramolecular Hbond substituents is 1. The summed E-state index contributed by atoms with van der Waals surface area (Å²) in [4.78, 5) is 23.5. The van der Waals surface area contributed by atoms with Crippen molar-refractivity contribution in [2.75, 3.05) is 13.1 Å². The Hall–Kier alpha value is -2.84. The fraction of sp³-hybridized carbons (Fsp3) is 0.556. The van der Waals surface area contributed by atoms with E-state index in [1.165, 1.54) is 18.4 Å². The molecule has 8 nitrogen and oxygen atoms in total. The van der Waals surface area contributed by atoms with Crippen LogP contribution < -0.4 is 10.1 Å². The molecule has 8 heteroatoms. The fourth-order valence-corrected chi connectivity index (χ4v) is 8.47. The molecule has 7 aliphatic rings. The third-order valence-electron chi connectivity index (χ3n) is 10.1. The van der Waals surface area contributed by atoms with E-state index in [4.69, 9.17) is 4.74 Å². The van der Waals surface area contributed by atoms with Gasteiger partial charge in [0.25, 0.3) is 0 Å². The third-order valence-corrected chi connectivity index (χ3v) is 10.1. The van der Waals surface area contributed by atoms with Crippen LogP contribution in [0.3, 0.4) is 0 Å². The number of imidazole rings is 1. The zero-order valence-corrected chi connectivity index (χ0v) is 19.6. The number of nitrogens with one attached hydrogen (secondary N) is 2. The van der Waals surface area contributed by atoms with E-state index in [2.05, 4.69) is 32.3 Å². The first-order valence-corrected chi connectivity index (χ1v) is 12.9. The monoisotopic (exact) mass is 474 g/mol. The number of aliphatic hydroxyl groups is 1. The van der Waals surface area contributed by atoms with Crippen molar-refractivity contribution in [2.24, 2.45) is 11.3 Å². The Kier molecular flexibility index (Phi) is 3.77. The van der Waals surface area contributed by atoms with Crippen LogP contribution in [0.1, 0.15) is 49.1 Å². The molecule has 3 fully saturated rings. The number of benzene rings is 1. The van der Waals surface area contributed by atoms with Gasteiger partial charge < -0.3 is 25.3 Å². The maximum atomic E-state index is 13.6. The van der Waals surface area contributed by atoms with Crippen LogP contribution in [0, 0.1) is 11.3 Å². The summed E-state index contributed by atoms with van der Waals surface area (Å²) in [6.07, 6.45) is 10.6. The van der Waals surface area contributed by atoms with Crippen LogP contribution in [0.2, 0.25) is 0 Å². The molecule has 2 aromatic rings. The van der Waals surface area contributed by atoms with Crippen LogP contribution in [-0.2, 0) is 23.2 Å². The molecule has 1 aromatic carbocycles. The number of H-pyrrole nitrogens is 1. The zero-order chi connectivity index (χ0) is 23.6. The second-order valence-electron chi connectivity index (χ2n) is 11.6. The molecular weight excluding hydrogens is 444 g/mol. The van der Waals surface area contributed by atoms with Crippen LogP contribution in [0.15, 0.2) is 36.2 Å². The molecule has 35 heavy (non-hydrogen) atoms. The van der Waals surface area contributed by atoms with Gasteiger partial charge in [-0.25, -0.2) is 4.98 Å². The van der Waals surface area contributed by atoms with Gasteiger partial charge in [0.05, 0.1) is 12.0 Å². The van der Waals surface area contributed by atoms with E-state index in [0.29, 0.717) is 23.6 Å². The molecular formula is C27H30N4O4. The molecule has 4 bridgehead atoms. The molecule has 0 radical (unpaired) electrons. The lowest BCUT2D eigenvalue weighted by Gasteiger charge is -2.70. The SMILES string of the molecule is O=C(NCc1ncc[nH]1)C1=C[C@@]23CC[C@]1(O)[C@@H]1Oc4c(O)ccc5c4[C@@]12CCN(CC1CC1)[C@@H]3C5. The molecule has 1 aromatic heterocycles. The first-order chi connectivity index (χ1) is 17.0. The minimum absolute atomic E-state index is 0.133. The highest BCUT2D eigenvalue weighted by atomic mass is 16.5. The highest BCUT2D eigenvalue weighted by molar-refractivity contribution is 5.97. The maximum absolute atomic E-state index is 13.6. The summed E-state index contributed by atoms with van der Waals surface area (Å²) in [6.45, 7) is 2.33. The van der Waals surface area contributed by atoms with Crippen LogP contribution in [-0.4, -0.2) is 61.8 Å². The quantitative estimate of drug-likeness (QED) is 0.527. The first kappa shape index (κ1) is 20.4. The Balaban J connectivity index is 1.29. The van der Waals surface area contributed by atoms with Gasteiger partial charge >= 0.3 is 0 Å².